The van der Waals surface area contributed by atoms with Crippen molar-refractivity contribution in [2.75, 3.05) is 5.32 Å². The van der Waals surface area contributed by atoms with Gasteiger partial charge in [-0.05, 0) is 40.6 Å². The number of rotatable bonds is 1. The lowest BCUT2D eigenvalue weighted by atomic mass is 9.83. The maximum Gasteiger partial charge on any atom is 0.342 e. The van der Waals surface area contributed by atoms with Gasteiger partial charge in [0.05, 0.1) is 11.6 Å². The smallest absolute Gasteiger partial charge is 0.342 e. The molecule has 0 fully saturated rings. The molecule has 0 spiro atoms. The minimum absolute atomic E-state index is 0.313. The second kappa shape index (κ2) is 6.29. The molecule has 5 aromatic rings. The summed E-state index contributed by atoms with van der Waals surface area (Å²) in [6.07, 6.45) is 0. The Kier molecular flexibility index (Phi) is 3.56. The minimum Gasteiger partial charge on any atom is -0.422 e. The van der Waals surface area contributed by atoms with E-state index in [1.54, 1.807) is 12.1 Å². The molecule has 4 aromatic carbocycles. The van der Waals surface area contributed by atoms with Crippen molar-refractivity contribution in [3.63, 3.8) is 0 Å². The van der Waals surface area contributed by atoms with E-state index >= 15 is 0 Å². The number of para-hydroxylation sites is 1. The van der Waals surface area contributed by atoms with Crippen LogP contribution < -0.4 is 10.9 Å². The number of benzene rings is 4. The van der Waals surface area contributed by atoms with E-state index in [-0.39, 0.29) is 11.4 Å². The average Bonchev–Trinajstić information content (AvgIpc) is 2.78. The zero-order chi connectivity index (χ0) is 20.2. The van der Waals surface area contributed by atoms with Gasteiger partial charge in [0.25, 0.3) is 0 Å². The van der Waals surface area contributed by atoms with Crippen LogP contribution in [0.2, 0.25) is 0 Å². The number of halogens is 1. The summed E-state index contributed by atoms with van der Waals surface area (Å²) in [6.45, 7) is 0. The molecular formula is C26H16FNO2. The molecule has 0 radical (unpaired) electrons. The number of anilines is 1. The first-order valence-corrected chi connectivity index (χ1v) is 9.80. The zero-order valence-corrected chi connectivity index (χ0v) is 15.9. The second-order valence-electron chi connectivity index (χ2n) is 7.51. The molecule has 6 rings (SSSR count). The van der Waals surface area contributed by atoms with Gasteiger partial charge in [0.1, 0.15) is 11.4 Å². The molecule has 3 nitrogen and oxygen atoms in total. The van der Waals surface area contributed by atoms with E-state index in [0.717, 1.165) is 38.5 Å². The van der Waals surface area contributed by atoms with Crippen molar-refractivity contribution in [3.8, 4) is 11.1 Å². The molecule has 0 aliphatic carbocycles. The molecule has 1 aliphatic heterocycles. The van der Waals surface area contributed by atoms with E-state index in [9.17, 15) is 9.18 Å². The lowest BCUT2D eigenvalue weighted by Crippen LogP contribution is -2.25. The van der Waals surface area contributed by atoms with Gasteiger partial charge in [0.2, 0.25) is 0 Å². The lowest BCUT2D eigenvalue weighted by Gasteiger charge is -2.30. The van der Waals surface area contributed by atoms with Crippen molar-refractivity contribution in [2.24, 2.45) is 0 Å². The predicted octanol–water partition coefficient (Wildman–Crippen LogP) is 6.27. The van der Waals surface area contributed by atoms with Gasteiger partial charge < -0.3 is 9.73 Å². The van der Waals surface area contributed by atoms with Gasteiger partial charge in [0.15, 0.2) is 0 Å². The first kappa shape index (κ1) is 17.0. The van der Waals surface area contributed by atoms with E-state index in [4.69, 9.17) is 4.42 Å². The van der Waals surface area contributed by atoms with Crippen LogP contribution in [0.5, 0.6) is 0 Å². The number of hydrogen-bond acceptors (Lipinski definition) is 3. The summed E-state index contributed by atoms with van der Waals surface area (Å²) in [5.41, 5.74) is 4.32. The molecule has 1 atom stereocenters. The Morgan fingerprint density at radius 1 is 0.767 bits per heavy atom. The molecule has 4 heteroatoms. The standard InChI is InChI=1S/C26H16FNO2/c27-17-12-9-16(10-13-17)25-24-23(19-7-3-4-8-21(19)30-26(24)29)22-18-6-2-1-5-15(18)11-14-20(22)28-25/h1-14,25,28H/t25-/m1/s1. The van der Waals surface area contributed by atoms with Crippen LogP contribution in [0.15, 0.2) is 94.1 Å². The summed E-state index contributed by atoms with van der Waals surface area (Å²) in [5.74, 6) is -0.313. The van der Waals surface area contributed by atoms with Crippen LogP contribution in [0.4, 0.5) is 10.1 Å². The highest BCUT2D eigenvalue weighted by atomic mass is 19.1. The van der Waals surface area contributed by atoms with Crippen LogP contribution in [-0.4, -0.2) is 0 Å². The Morgan fingerprint density at radius 3 is 2.33 bits per heavy atom. The number of fused-ring (bicyclic) bond motifs is 7. The van der Waals surface area contributed by atoms with Crippen molar-refractivity contribution in [1.82, 2.24) is 0 Å². The zero-order valence-electron chi connectivity index (χ0n) is 15.9. The van der Waals surface area contributed by atoms with Crippen LogP contribution in [0, 0.1) is 5.82 Å². The van der Waals surface area contributed by atoms with Crippen molar-refractivity contribution in [3.05, 3.63) is 112 Å². The van der Waals surface area contributed by atoms with E-state index in [2.05, 4.69) is 23.5 Å². The first-order chi connectivity index (χ1) is 14.7. The van der Waals surface area contributed by atoms with Crippen LogP contribution in [0.3, 0.4) is 0 Å². The van der Waals surface area contributed by atoms with Crippen LogP contribution in [-0.2, 0) is 0 Å². The van der Waals surface area contributed by atoms with Crippen molar-refractivity contribution < 1.29 is 8.81 Å². The minimum atomic E-state index is -0.435. The maximum absolute atomic E-state index is 13.6. The average molecular weight is 393 g/mol. The monoisotopic (exact) mass is 393 g/mol. The van der Waals surface area contributed by atoms with Gasteiger partial charge in [-0.3, -0.25) is 0 Å². The largest absolute Gasteiger partial charge is 0.422 e. The Labute approximate surface area is 171 Å². The molecule has 144 valence electrons. The molecule has 0 saturated carbocycles. The van der Waals surface area contributed by atoms with Gasteiger partial charge in [-0.25, -0.2) is 9.18 Å². The summed E-state index contributed by atoms with van der Waals surface area (Å²) in [5, 5.41) is 6.56. The van der Waals surface area contributed by atoms with E-state index in [0.29, 0.717) is 11.1 Å². The lowest BCUT2D eigenvalue weighted by molar-refractivity contribution is 0.547. The highest BCUT2D eigenvalue weighted by Gasteiger charge is 2.32. The second-order valence-corrected chi connectivity index (χ2v) is 7.51. The Bertz CT molecular complexity index is 1500. The molecule has 0 bridgehead atoms. The quantitative estimate of drug-likeness (QED) is 0.342. The number of hydrogen-bond donors (Lipinski definition) is 1. The molecule has 30 heavy (non-hydrogen) atoms. The third kappa shape index (κ3) is 2.40. The van der Waals surface area contributed by atoms with Crippen molar-refractivity contribution in [1.29, 1.82) is 0 Å². The van der Waals surface area contributed by atoms with E-state index in [1.807, 2.05) is 42.5 Å². The molecular weight excluding hydrogens is 377 g/mol. The molecule has 1 aromatic heterocycles. The van der Waals surface area contributed by atoms with E-state index < -0.39 is 6.04 Å². The fourth-order valence-corrected chi connectivity index (χ4v) is 4.49. The third-order valence-corrected chi connectivity index (χ3v) is 5.82. The molecule has 1 N–H and O–H groups in total. The summed E-state index contributed by atoms with van der Waals surface area (Å²) >= 11 is 0. The summed E-state index contributed by atoms with van der Waals surface area (Å²) in [4.78, 5) is 13.2. The topological polar surface area (TPSA) is 42.2 Å². The predicted molar refractivity (Wildman–Crippen MR) is 117 cm³/mol. The maximum atomic E-state index is 13.6. The van der Waals surface area contributed by atoms with Crippen molar-refractivity contribution in [2.45, 2.75) is 6.04 Å². The van der Waals surface area contributed by atoms with Crippen LogP contribution in [0.25, 0.3) is 32.9 Å². The van der Waals surface area contributed by atoms with E-state index in [1.165, 1.54) is 12.1 Å². The summed E-state index contributed by atoms with van der Waals surface area (Å²) < 4.78 is 19.2. The fourth-order valence-electron chi connectivity index (χ4n) is 4.49. The molecule has 0 saturated heterocycles. The van der Waals surface area contributed by atoms with Gasteiger partial charge in [-0.15, -0.1) is 0 Å². The summed E-state index contributed by atoms with van der Waals surface area (Å²) in [6, 6.07) is 25.7. The highest BCUT2D eigenvalue weighted by molar-refractivity contribution is 6.11. The molecule has 2 heterocycles. The number of nitrogens with one attached hydrogen (secondary N) is 1. The molecule has 0 unspecified atom stereocenters. The SMILES string of the molecule is O=c1oc2ccccc2c2c1[C@@H](c1ccc(F)cc1)Nc1ccc3ccccc3c1-2. The van der Waals surface area contributed by atoms with Gasteiger partial charge in [-0.1, -0.05) is 60.7 Å². The Hall–Kier alpha value is -3.92. The molecule has 0 amide bonds. The van der Waals surface area contributed by atoms with Gasteiger partial charge in [0, 0.05) is 22.2 Å². The Balaban J connectivity index is 1.77. The molecule has 1 aliphatic rings. The normalized spacial score (nSPS) is 14.9. The third-order valence-electron chi connectivity index (χ3n) is 5.82. The Morgan fingerprint density at radius 2 is 1.50 bits per heavy atom. The highest BCUT2D eigenvalue weighted by Crippen LogP contribution is 2.47. The fraction of sp³-hybridized carbons (Fsp3) is 0.0385. The van der Waals surface area contributed by atoms with Crippen molar-refractivity contribution >= 4 is 27.4 Å². The first-order valence-electron chi connectivity index (χ1n) is 9.80. The van der Waals surface area contributed by atoms with Crippen LogP contribution >= 0.6 is 0 Å². The van der Waals surface area contributed by atoms with Gasteiger partial charge in [-0.2, -0.15) is 0 Å². The van der Waals surface area contributed by atoms with Gasteiger partial charge >= 0.3 is 5.63 Å². The van der Waals surface area contributed by atoms with Crippen LogP contribution in [0.1, 0.15) is 17.2 Å². The summed E-state index contributed by atoms with van der Waals surface area (Å²) in [7, 11) is 0.